The Morgan fingerprint density at radius 1 is 0.667 bits per heavy atom. The summed E-state index contributed by atoms with van der Waals surface area (Å²) in [6, 6.07) is 32.3. The van der Waals surface area contributed by atoms with E-state index in [0.29, 0.717) is 18.4 Å². The van der Waals surface area contributed by atoms with Gasteiger partial charge < -0.3 is 0 Å². The van der Waals surface area contributed by atoms with E-state index in [1.807, 2.05) is 0 Å². The quantitative estimate of drug-likeness (QED) is 0.254. The van der Waals surface area contributed by atoms with Crippen molar-refractivity contribution < 1.29 is 4.79 Å². The Kier molecular flexibility index (Phi) is 6.96. The van der Waals surface area contributed by atoms with Crippen molar-refractivity contribution in [1.29, 1.82) is 0 Å². The molecular weight excluding hydrogens is 347 g/mol. The van der Waals surface area contributed by atoms with E-state index < -0.39 is 0 Å². The molecule has 0 saturated carbocycles. The molecule has 3 rings (SSSR count). The molecule has 0 bridgehead atoms. The molecule has 0 aliphatic heterocycles. The van der Waals surface area contributed by atoms with Crippen LogP contribution in [0.3, 0.4) is 0 Å². The highest BCUT2D eigenvalue weighted by molar-refractivity contribution is 7.18. The fourth-order valence-electron chi connectivity index (χ4n) is 3.92. The van der Waals surface area contributed by atoms with Gasteiger partial charge in [-0.2, -0.15) is 0 Å². The summed E-state index contributed by atoms with van der Waals surface area (Å²) in [4.78, 5) is 11.7. The number of unbranched alkanes of at least 4 members (excludes halogenated alkanes) is 1. The smallest absolute Gasteiger partial charge is 0.136 e. The molecule has 2 heteroatoms. The van der Waals surface area contributed by atoms with E-state index in [-0.39, 0.29) is 5.41 Å². The average Bonchev–Trinajstić information content (AvgIpc) is 2.75. The number of carbonyl (C=O) groups excluding carboxylic acids is 1. The van der Waals surface area contributed by atoms with E-state index in [1.54, 1.807) is 0 Å². The zero-order valence-corrected chi connectivity index (χ0v) is 16.8. The van der Waals surface area contributed by atoms with Crippen molar-refractivity contribution in [1.82, 2.24) is 0 Å². The highest BCUT2D eigenvalue weighted by Gasteiger charge is 2.35. The standard InChI is InChI=1S/C25H27OP/c26-24(20-27)18-10-11-19-25(21-12-4-1-5-13-21,22-14-6-2-7-15-22)23-16-8-3-9-17-23/h1-9,12-17H,10-11,18-20,27H2. The lowest BCUT2D eigenvalue weighted by Crippen LogP contribution is -2.29. The Balaban J connectivity index is 2.04. The fraction of sp³-hybridized carbons (Fsp3) is 0.240. The second-order valence-corrected chi connectivity index (χ2v) is 7.36. The Bertz CT molecular complexity index is 731. The number of Topliss-reactive ketones (excluding diaryl/α,β-unsaturated/α-hetero) is 1. The van der Waals surface area contributed by atoms with Crippen LogP contribution in [0.1, 0.15) is 42.4 Å². The van der Waals surface area contributed by atoms with E-state index in [1.165, 1.54) is 16.7 Å². The molecule has 1 unspecified atom stereocenters. The summed E-state index contributed by atoms with van der Waals surface area (Å²) in [6.07, 6.45) is 4.14. The number of carbonyl (C=O) groups is 1. The van der Waals surface area contributed by atoms with Gasteiger partial charge in [-0.15, -0.1) is 9.24 Å². The van der Waals surface area contributed by atoms with E-state index in [0.717, 1.165) is 19.3 Å². The zero-order chi connectivity index (χ0) is 19.0. The third-order valence-corrected chi connectivity index (χ3v) is 5.74. The first-order valence-corrected chi connectivity index (χ1v) is 10.5. The molecule has 0 radical (unpaired) electrons. The average molecular weight is 374 g/mol. The molecular formula is C25H27OP. The molecule has 0 aliphatic rings. The molecule has 1 atom stereocenters. The van der Waals surface area contributed by atoms with Gasteiger partial charge >= 0.3 is 0 Å². The predicted octanol–water partition coefficient (Wildman–Crippen LogP) is 6.03. The van der Waals surface area contributed by atoms with Crippen LogP contribution >= 0.6 is 9.24 Å². The van der Waals surface area contributed by atoms with Crippen LogP contribution < -0.4 is 0 Å². The Labute approximate surface area is 165 Å². The van der Waals surface area contributed by atoms with Crippen molar-refractivity contribution in [2.24, 2.45) is 0 Å². The molecule has 138 valence electrons. The zero-order valence-electron chi connectivity index (χ0n) is 15.7. The minimum Gasteiger partial charge on any atom is -0.299 e. The van der Waals surface area contributed by atoms with Gasteiger partial charge in [0.2, 0.25) is 0 Å². The first kappa shape index (κ1) is 19.5. The van der Waals surface area contributed by atoms with Crippen molar-refractivity contribution in [3.05, 3.63) is 108 Å². The summed E-state index contributed by atoms with van der Waals surface area (Å²) >= 11 is 0. The van der Waals surface area contributed by atoms with Gasteiger partial charge in [0.25, 0.3) is 0 Å². The molecule has 27 heavy (non-hydrogen) atoms. The molecule has 3 aromatic carbocycles. The normalized spacial score (nSPS) is 11.3. The van der Waals surface area contributed by atoms with Crippen LogP contribution in [-0.2, 0) is 10.2 Å². The number of benzene rings is 3. The third-order valence-electron chi connectivity index (χ3n) is 5.28. The lowest BCUT2D eigenvalue weighted by Gasteiger charge is -2.36. The molecule has 0 amide bonds. The van der Waals surface area contributed by atoms with Gasteiger partial charge in [0.05, 0.1) is 0 Å². The molecule has 0 N–H and O–H groups in total. The number of hydrogen-bond donors (Lipinski definition) is 0. The predicted molar refractivity (Wildman–Crippen MR) is 117 cm³/mol. The van der Waals surface area contributed by atoms with Crippen LogP contribution in [0.25, 0.3) is 0 Å². The number of hydrogen-bond acceptors (Lipinski definition) is 1. The monoisotopic (exact) mass is 374 g/mol. The maximum absolute atomic E-state index is 11.7. The van der Waals surface area contributed by atoms with E-state index >= 15 is 0 Å². The first-order valence-electron chi connectivity index (χ1n) is 9.66. The molecule has 3 aromatic rings. The SMILES string of the molecule is O=C(CP)CCCCC(c1ccccc1)(c1ccccc1)c1ccccc1. The summed E-state index contributed by atoms with van der Waals surface area (Å²) in [7, 11) is 2.53. The molecule has 0 heterocycles. The highest BCUT2D eigenvalue weighted by atomic mass is 31.0. The van der Waals surface area contributed by atoms with Gasteiger partial charge in [-0.1, -0.05) is 97.4 Å². The molecule has 0 aromatic heterocycles. The van der Waals surface area contributed by atoms with E-state index in [4.69, 9.17) is 0 Å². The lowest BCUT2D eigenvalue weighted by atomic mass is 9.66. The topological polar surface area (TPSA) is 17.1 Å². The second kappa shape index (κ2) is 9.62. The van der Waals surface area contributed by atoms with Gasteiger partial charge in [-0.05, 0) is 29.5 Å². The largest absolute Gasteiger partial charge is 0.299 e. The maximum Gasteiger partial charge on any atom is 0.136 e. The summed E-state index contributed by atoms with van der Waals surface area (Å²) in [6.45, 7) is 0. The van der Waals surface area contributed by atoms with Gasteiger partial charge in [-0.3, -0.25) is 4.79 Å². The van der Waals surface area contributed by atoms with Crippen LogP contribution in [0.15, 0.2) is 91.0 Å². The summed E-state index contributed by atoms with van der Waals surface area (Å²) in [5.74, 6) is 0.324. The Morgan fingerprint density at radius 2 is 1.07 bits per heavy atom. The van der Waals surface area contributed by atoms with E-state index in [9.17, 15) is 4.79 Å². The van der Waals surface area contributed by atoms with Crippen molar-refractivity contribution >= 4 is 15.0 Å². The van der Waals surface area contributed by atoms with Crippen molar-refractivity contribution in [2.75, 3.05) is 6.16 Å². The molecule has 0 fully saturated rings. The maximum atomic E-state index is 11.7. The fourth-order valence-corrected chi connectivity index (χ4v) is 4.12. The van der Waals surface area contributed by atoms with Crippen LogP contribution in [0, 0.1) is 0 Å². The molecule has 0 saturated heterocycles. The second-order valence-electron chi connectivity index (χ2n) is 6.95. The third kappa shape index (κ3) is 4.54. The first-order chi connectivity index (χ1) is 13.3. The van der Waals surface area contributed by atoms with Gasteiger partial charge in [0.1, 0.15) is 5.78 Å². The lowest BCUT2D eigenvalue weighted by molar-refractivity contribution is -0.116. The van der Waals surface area contributed by atoms with Crippen LogP contribution in [-0.4, -0.2) is 11.9 Å². The van der Waals surface area contributed by atoms with E-state index in [2.05, 4.69) is 100 Å². The Morgan fingerprint density at radius 3 is 1.44 bits per heavy atom. The van der Waals surface area contributed by atoms with Gasteiger partial charge in [0, 0.05) is 18.0 Å². The molecule has 0 aliphatic carbocycles. The minimum atomic E-state index is -0.201. The number of ketones is 1. The summed E-state index contributed by atoms with van der Waals surface area (Å²) < 4.78 is 0. The van der Waals surface area contributed by atoms with Crippen molar-refractivity contribution in [3.63, 3.8) is 0 Å². The summed E-state index contributed by atoms with van der Waals surface area (Å²) in [5.41, 5.74) is 3.72. The summed E-state index contributed by atoms with van der Waals surface area (Å²) in [5, 5.41) is 0. The highest BCUT2D eigenvalue weighted by Crippen LogP contribution is 2.43. The van der Waals surface area contributed by atoms with Gasteiger partial charge in [-0.25, -0.2) is 0 Å². The van der Waals surface area contributed by atoms with Crippen LogP contribution in [0.5, 0.6) is 0 Å². The molecule has 1 nitrogen and oxygen atoms in total. The minimum absolute atomic E-state index is 0.201. The van der Waals surface area contributed by atoms with Crippen LogP contribution in [0.2, 0.25) is 0 Å². The van der Waals surface area contributed by atoms with Crippen LogP contribution in [0.4, 0.5) is 0 Å². The van der Waals surface area contributed by atoms with Crippen molar-refractivity contribution in [3.8, 4) is 0 Å². The molecule has 0 spiro atoms. The Hall–Kier alpha value is -2.24. The van der Waals surface area contributed by atoms with Gasteiger partial charge in [0.15, 0.2) is 0 Å². The number of rotatable bonds is 9. The van der Waals surface area contributed by atoms with Crippen molar-refractivity contribution in [2.45, 2.75) is 31.1 Å².